The maximum atomic E-state index is 13.4. The molecule has 1 fully saturated rings. The van der Waals surface area contributed by atoms with E-state index < -0.39 is 23.7 Å². The van der Waals surface area contributed by atoms with Crippen molar-refractivity contribution in [1.82, 2.24) is 4.98 Å². The molecule has 194 valence electrons. The van der Waals surface area contributed by atoms with E-state index in [0.717, 1.165) is 28.2 Å². The third-order valence-electron chi connectivity index (χ3n) is 6.52. The maximum Gasteiger partial charge on any atom is 0.350 e. The van der Waals surface area contributed by atoms with Gasteiger partial charge in [0.05, 0.1) is 17.3 Å². The van der Waals surface area contributed by atoms with Crippen LogP contribution in [0.5, 0.6) is 5.75 Å². The molecule has 3 aromatic rings. The van der Waals surface area contributed by atoms with Crippen LogP contribution in [0.2, 0.25) is 0 Å². The highest BCUT2D eigenvalue weighted by atomic mass is 32.1. The summed E-state index contributed by atoms with van der Waals surface area (Å²) in [6.45, 7) is 9.10. The van der Waals surface area contributed by atoms with Crippen molar-refractivity contribution in [2.24, 2.45) is 0 Å². The highest BCUT2D eigenvalue weighted by molar-refractivity contribution is 7.17. The molecule has 2 unspecified atom stereocenters. The predicted octanol–water partition coefficient (Wildman–Crippen LogP) is 5.05. The number of aliphatic hydroxyl groups is 1. The van der Waals surface area contributed by atoms with Crippen molar-refractivity contribution in [2.45, 2.75) is 39.3 Å². The Hall–Kier alpha value is -4.24. The Morgan fingerprint density at radius 2 is 1.97 bits per heavy atom. The fourth-order valence-corrected chi connectivity index (χ4v) is 5.68. The van der Waals surface area contributed by atoms with E-state index in [2.05, 4.69) is 11.6 Å². The Morgan fingerprint density at radius 1 is 1.24 bits per heavy atom. The van der Waals surface area contributed by atoms with Crippen molar-refractivity contribution in [3.8, 4) is 5.75 Å². The van der Waals surface area contributed by atoms with Crippen LogP contribution in [0.15, 0.2) is 60.7 Å². The van der Waals surface area contributed by atoms with E-state index >= 15 is 0 Å². The van der Waals surface area contributed by atoms with Gasteiger partial charge in [-0.1, -0.05) is 53.8 Å². The number of fused-ring (bicyclic) bond motifs is 1. The average molecular weight is 531 g/mol. The van der Waals surface area contributed by atoms with E-state index in [-0.39, 0.29) is 34.1 Å². The summed E-state index contributed by atoms with van der Waals surface area (Å²) in [7, 11) is 0. The van der Waals surface area contributed by atoms with Crippen LogP contribution in [0.3, 0.4) is 0 Å². The number of hydrogen-bond donors (Lipinski definition) is 1. The van der Waals surface area contributed by atoms with Gasteiger partial charge < -0.3 is 14.6 Å². The molecular formula is C29H26N2O6S. The highest BCUT2D eigenvalue weighted by Crippen LogP contribution is 2.44. The number of hydrogen-bond acceptors (Lipinski definition) is 8. The molecule has 0 saturated carbocycles. The minimum Gasteiger partial charge on any atom is -0.507 e. The largest absolute Gasteiger partial charge is 0.507 e. The molecule has 0 radical (unpaired) electrons. The van der Waals surface area contributed by atoms with Crippen molar-refractivity contribution in [1.29, 1.82) is 0 Å². The lowest BCUT2D eigenvalue weighted by Crippen LogP contribution is -2.29. The SMILES string of the molecule is C=CCOC(=O)c1sc(N2C(=O)C(=O)C(=C(O)c3ccc4c(c3)CC(C)O4)C2c2ccc(C)cc2)nc1C. The molecule has 8 nitrogen and oxygen atoms in total. The molecule has 9 heteroatoms. The third kappa shape index (κ3) is 4.39. The summed E-state index contributed by atoms with van der Waals surface area (Å²) in [6, 6.07) is 11.6. The number of benzene rings is 2. The number of ketones is 1. The van der Waals surface area contributed by atoms with E-state index in [1.54, 1.807) is 25.1 Å². The number of nitrogens with zero attached hydrogens (tertiary/aromatic N) is 2. The Morgan fingerprint density at radius 3 is 2.68 bits per heavy atom. The number of ether oxygens (including phenoxy) is 2. The molecule has 0 aliphatic carbocycles. The number of aliphatic hydroxyl groups excluding tert-OH is 1. The topological polar surface area (TPSA) is 106 Å². The normalized spacial score (nSPS) is 19.8. The molecule has 1 amide bonds. The van der Waals surface area contributed by atoms with E-state index in [4.69, 9.17) is 9.47 Å². The van der Waals surface area contributed by atoms with Crippen molar-refractivity contribution in [3.05, 3.63) is 93.5 Å². The van der Waals surface area contributed by atoms with Crippen LogP contribution in [0.4, 0.5) is 5.13 Å². The number of rotatable bonds is 6. The first-order valence-electron chi connectivity index (χ1n) is 12.1. The number of esters is 1. The minimum atomic E-state index is -0.943. The zero-order valence-corrected chi connectivity index (χ0v) is 22.0. The fraction of sp³-hybridized carbons (Fsp3) is 0.241. The molecule has 38 heavy (non-hydrogen) atoms. The van der Waals surface area contributed by atoms with Gasteiger partial charge in [0.2, 0.25) is 0 Å². The second kappa shape index (κ2) is 9.90. The smallest absolute Gasteiger partial charge is 0.350 e. The number of amides is 1. The predicted molar refractivity (Wildman–Crippen MR) is 144 cm³/mol. The Bertz CT molecular complexity index is 1500. The van der Waals surface area contributed by atoms with Crippen LogP contribution in [0, 0.1) is 13.8 Å². The van der Waals surface area contributed by atoms with Crippen LogP contribution >= 0.6 is 11.3 Å². The van der Waals surface area contributed by atoms with Gasteiger partial charge in [0.15, 0.2) is 5.13 Å². The molecule has 5 rings (SSSR count). The highest BCUT2D eigenvalue weighted by Gasteiger charge is 2.48. The van der Waals surface area contributed by atoms with Crippen LogP contribution in [0.25, 0.3) is 5.76 Å². The zero-order chi connectivity index (χ0) is 27.1. The molecule has 0 spiro atoms. The maximum absolute atomic E-state index is 13.4. The van der Waals surface area contributed by atoms with Crippen molar-refractivity contribution in [2.75, 3.05) is 11.5 Å². The summed E-state index contributed by atoms with van der Waals surface area (Å²) in [5.74, 6) is -1.81. The summed E-state index contributed by atoms with van der Waals surface area (Å²) in [5.41, 5.74) is 3.28. The summed E-state index contributed by atoms with van der Waals surface area (Å²) >= 11 is 0.961. The lowest BCUT2D eigenvalue weighted by molar-refractivity contribution is -0.132. The quantitative estimate of drug-likeness (QED) is 0.156. The van der Waals surface area contributed by atoms with E-state index in [9.17, 15) is 19.5 Å². The number of aromatic nitrogens is 1. The van der Waals surface area contributed by atoms with Crippen LogP contribution in [-0.4, -0.2) is 40.5 Å². The third-order valence-corrected chi connectivity index (χ3v) is 7.65. The Kier molecular flexibility index (Phi) is 6.62. The number of carbonyl (C=O) groups is 3. The number of aryl methyl sites for hydroxylation is 2. The summed E-state index contributed by atoms with van der Waals surface area (Å²) in [4.78, 5) is 45.3. The first kappa shape index (κ1) is 25.4. The Balaban J connectivity index is 1.64. The lowest BCUT2D eigenvalue weighted by atomic mass is 9.94. The zero-order valence-electron chi connectivity index (χ0n) is 21.2. The fourth-order valence-electron chi connectivity index (χ4n) is 4.69. The second-order valence-corrected chi connectivity index (χ2v) is 10.3. The molecule has 0 bridgehead atoms. The number of anilines is 1. The molecule has 2 aliphatic rings. The van der Waals surface area contributed by atoms with Crippen molar-refractivity contribution >= 4 is 39.9 Å². The second-order valence-electron chi connectivity index (χ2n) is 9.33. The first-order chi connectivity index (χ1) is 18.2. The van der Waals surface area contributed by atoms with E-state index in [1.807, 2.05) is 38.1 Å². The Labute approximate surface area is 223 Å². The summed E-state index contributed by atoms with van der Waals surface area (Å²) in [6.07, 6.45) is 2.15. The summed E-state index contributed by atoms with van der Waals surface area (Å²) in [5, 5.41) is 11.6. The van der Waals surface area contributed by atoms with Gasteiger partial charge >= 0.3 is 11.9 Å². The van der Waals surface area contributed by atoms with Crippen LogP contribution in [-0.2, 0) is 20.7 Å². The number of thiazole rings is 1. The first-order valence-corrected chi connectivity index (χ1v) is 12.9. The van der Waals surface area contributed by atoms with Gasteiger partial charge in [-0.15, -0.1) is 0 Å². The molecule has 3 heterocycles. The molecule has 2 aromatic carbocycles. The van der Waals surface area contributed by atoms with Crippen molar-refractivity contribution in [3.63, 3.8) is 0 Å². The van der Waals surface area contributed by atoms with Crippen molar-refractivity contribution < 1.29 is 29.0 Å². The number of carbonyl (C=O) groups excluding carboxylic acids is 3. The van der Waals surface area contributed by atoms with Gasteiger partial charge in [-0.3, -0.25) is 14.5 Å². The molecule has 2 aliphatic heterocycles. The molecule has 2 atom stereocenters. The number of Topliss-reactive ketones (excluding diaryl/α,β-unsaturated/α-hetero) is 1. The van der Waals surface area contributed by atoms with Gasteiger partial charge in [0.1, 0.15) is 29.1 Å². The van der Waals surface area contributed by atoms with Gasteiger partial charge in [0.25, 0.3) is 5.78 Å². The lowest BCUT2D eigenvalue weighted by Gasteiger charge is -2.23. The molecule has 1 aromatic heterocycles. The molecule has 1 N–H and O–H groups in total. The van der Waals surface area contributed by atoms with Gasteiger partial charge in [-0.2, -0.15) is 0 Å². The standard InChI is InChI=1S/C29H26N2O6S/c1-5-12-36-28(35)26-17(4)30-29(38-26)31-23(18-8-6-15(2)7-9-18)22(25(33)27(31)34)24(32)19-10-11-21-20(14-19)13-16(3)37-21/h5-11,14,16,23,32H,1,12-13H2,2-4H3. The van der Waals surface area contributed by atoms with Crippen LogP contribution < -0.4 is 9.64 Å². The monoisotopic (exact) mass is 530 g/mol. The van der Waals surface area contributed by atoms with Crippen LogP contribution in [0.1, 0.15) is 50.6 Å². The molecule has 1 saturated heterocycles. The van der Waals surface area contributed by atoms with Gasteiger partial charge in [0, 0.05) is 12.0 Å². The summed E-state index contributed by atoms with van der Waals surface area (Å²) < 4.78 is 10.9. The average Bonchev–Trinajstić information content (AvgIpc) is 3.54. The minimum absolute atomic E-state index is 0.0149. The molecular weight excluding hydrogens is 504 g/mol. The van der Waals surface area contributed by atoms with E-state index in [1.165, 1.54) is 11.0 Å². The van der Waals surface area contributed by atoms with Gasteiger partial charge in [-0.05, 0) is 50.1 Å². The van der Waals surface area contributed by atoms with Gasteiger partial charge in [-0.25, -0.2) is 9.78 Å². The van der Waals surface area contributed by atoms with E-state index in [0.29, 0.717) is 23.2 Å².